The quantitative estimate of drug-likeness (QED) is 0.812. The molecule has 3 nitrogen and oxygen atoms in total. The first-order valence-corrected chi connectivity index (χ1v) is 7.87. The van der Waals surface area contributed by atoms with Gasteiger partial charge in [0.15, 0.2) is 0 Å². The lowest BCUT2D eigenvalue weighted by Crippen LogP contribution is -2.27. The molecule has 2 N–H and O–H groups in total. The van der Waals surface area contributed by atoms with Crippen molar-refractivity contribution in [3.8, 4) is 0 Å². The minimum atomic E-state index is 0.306. The van der Waals surface area contributed by atoms with Gasteiger partial charge >= 0.3 is 0 Å². The van der Waals surface area contributed by atoms with E-state index in [9.17, 15) is 0 Å². The van der Waals surface area contributed by atoms with Crippen molar-refractivity contribution in [2.24, 2.45) is 5.92 Å². The van der Waals surface area contributed by atoms with Gasteiger partial charge in [-0.3, -0.25) is 0 Å². The molecule has 0 saturated carbocycles. The van der Waals surface area contributed by atoms with Crippen molar-refractivity contribution in [3.63, 3.8) is 0 Å². The number of likely N-dealkylation sites (tertiary alicyclic amines) is 1. The van der Waals surface area contributed by atoms with E-state index in [4.69, 9.17) is 16.7 Å². The number of hydrogen-bond acceptors (Lipinski definition) is 3. The summed E-state index contributed by atoms with van der Waals surface area (Å²) in [7, 11) is 1.99. The molecule has 1 saturated heterocycles. The van der Waals surface area contributed by atoms with E-state index in [0.29, 0.717) is 18.6 Å². The molecular formula is C16H25ClN2O. The molecule has 0 aromatic heterocycles. The number of halogens is 1. The normalized spacial score (nSPS) is 21.2. The molecule has 4 heteroatoms. The highest BCUT2D eigenvalue weighted by Crippen LogP contribution is 2.26. The van der Waals surface area contributed by atoms with Crippen molar-refractivity contribution in [2.45, 2.75) is 25.3 Å². The van der Waals surface area contributed by atoms with Crippen LogP contribution < -0.4 is 5.32 Å². The summed E-state index contributed by atoms with van der Waals surface area (Å²) in [5, 5.41) is 13.2. The zero-order valence-corrected chi connectivity index (χ0v) is 12.9. The number of nitrogens with zero attached hydrogens (tertiary/aromatic N) is 1. The SMILES string of the molecule is CNC(CCN1CCC(CCO)C1)c1ccccc1Cl. The van der Waals surface area contributed by atoms with E-state index in [1.807, 2.05) is 25.2 Å². The second-order valence-electron chi connectivity index (χ2n) is 5.62. The lowest BCUT2D eigenvalue weighted by molar-refractivity contribution is 0.248. The van der Waals surface area contributed by atoms with E-state index >= 15 is 0 Å². The molecule has 0 aliphatic carbocycles. The van der Waals surface area contributed by atoms with Gasteiger partial charge in [-0.15, -0.1) is 0 Å². The average Bonchev–Trinajstić information content (AvgIpc) is 2.89. The summed E-state index contributed by atoms with van der Waals surface area (Å²) in [4.78, 5) is 2.50. The number of aliphatic hydroxyl groups excluding tert-OH is 1. The number of rotatable bonds is 7. The van der Waals surface area contributed by atoms with E-state index in [-0.39, 0.29) is 0 Å². The highest BCUT2D eigenvalue weighted by atomic mass is 35.5. The molecule has 2 atom stereocenters. The fraction of sp³-hybridized carbons (Fsp3) is 0.625. The number of benzene rings is 1. The Labute approximate surface area is 126 Å². The minimum Gasteiger partial charge on any atom is -0.396 e. The Morgan fingerprint density at radius 3 is 2.95 bits per heavy atom. The van der Waals surface area contributed by atoms with Crippen LogP contribution in [-0.4, -0.2) is 43.3 Å². The molecule has 112 valence electrons. The molecule has 0 spiro atoms. The zero-order chi connectivity index (χ0) is 14.4. The second-order valence-corrected chi connectivity index (χ2v) is 6.03. The minimum absolute atomic E-state index is 0.306. The van der Waals surface area contributed by atoms with Gasteiger partial charge in [-0.2, -0.15) is 0 Å². The van der Waals surface area contributed by atoms with E-state index < -0.39 is 0 Å². The van der Waals surface area contributed by atoms with Crippen molar-refractivity contribution in [3.05, 3.63) is 34.9 Å². The number of aliphatic hydroxyl groups is 1. The van der Waals surface area contributed by atoms with Gasteiger partial charge in [-0.1, -0.05) is 29.8 Å². The predicted octanol–water partition coefficient (Wildman–Crippen LogP) is 2.69. The first-order valence-electron chi connectivity index (χ1n) is 7.49. The van der Waals surface area contributed by atoms with Crippen LogP contribution in [0.1, 0.15) is 30.9 Å². The Kier molecular flexibility index (Phi) is 6.30. The van der Waals surface area contributed by atoms with Gasteiger partial charge < -0.3 is 15.3 Å². The second kappa shape index (κ2) is 7.99. The van der Waals surface area contributed by atoms with Crippen LogP contribution in [0.2, 0.25) is 5.02 Å². The lowest BCUT2D eigenvalue weighted by Gasteiger charge is -2.22. The average molecular weight is 297 g/mol. The Bertz CT molecular complexity index is 413. The predicted molar refractivity (Wildman–Crippen MR) is 84.1 cm³/mol. The fourth-order valence-electron chi connectivity index (χ4n) is 3.06. The first kappa shape index (κ1) is 15.8. The summed E-state index contributed by atoms with van der Waals surface area (Å²) in [6, 6.07) is 8.37. The molecule has 20 heavy (non-hydrogen) atoms. The van der Waals surface area contributed by atoms with Gasteiger partial charge in [0.05, 0.1) is 0 Å². The van der Waals surface area contributed by atoms with Gasteiger partial charge in [-0.05, 0) is 56.9 Å². The zero-order valence-electron chi connectivity index (χ0n) is 12.2. The summed E-state index contributed by atoms with van der Waals surface area (Å²) in [5.41, 5.74) is 1.18. The van der Waals surface area contributed by atoms with E-state index in [0.717, 1.165) is 37.5 Å². The molecule has 0 bridgehead atoms. The van der Waals surface area contributed by atoms with Crippen molar-refractivity contribution in [1.82, 2.24) is 10.2 Å². The Morgan fingerprint density at radius 1 is 1.45 bits per heavy atom. The fourth-order valence-corrected chi connectivity index (χ4v) is 3.33. The van der Waals surface area contributed by atoms with Crippen LogP contribution in [0, 0.1) is 5.92 Å². The monoisotopic (exact) mass is 296 g/mol. The van der Waals surface area contributed by atoms with Gasteiger partial charge in [0, 0.05) is 24.2 Å². The van der Waals surface area contributed by atoms with Gasteiger partial charge in [0.25, 0.3) is 0 Å². The molecule has 1 heterocycles. The molecule has 2 unspecified atom stereocenters. The largest absolute Gasteiger partial charge is 0.396 e. The van der Waals surface area contributed by atoms with E-state index in [1.54, 1.807) is 0 Å². The molecule has 1 aliphatic rings. The summed E-state index contributed by atoms with van der Waals surface area (Å²) < 4.78 is 0. The lowest BCUT2D eigenvalue weighted by atomic mass is 10.0. The number of nitrogens with one attached hydrogen (secondary N) is 1. The van der Waals surface area contributed by atoms with E-state index in [1.165, 1.54) is 12.0 Å². The van der Waals surface area contributed by atoms with E-state index in [2.05, 4.69) is 16.3 Å². The molecule has 1 aromatic rings. The molecule has 1 aromatic carbocycles. The van der Waals surface area contributed by atoms with Gasteiger partial charge in [0.2, 0.25) is 0 Å². The summed E-state index contributed by atoms with van der Waals surface area (Å²) in [6.07, 6.45) is 3.22. The maximum absolute atomic E-state index is 9.01. The van der Waals surface area contributed by atoms with Crippen LogP contribution in [0.4, 0.5) is 0 Å². The van der Waals surface area contributed by atoms with Crippen molar-refractivity contribution >= 4 is 11.6 Å². The highest BCUT2D eigenvalue weighted by Gasteiger charge is 2.22. The van der Waals surface area contributed by atoms with Crippen molar-refractivity contribution in [2.75, 3.05) is 33.3 Å². The van der Waals surface area contributed by atoms with Gasteiger partial charge in [-0.25, -0.2) is 0 Å². The number of hydrogen-bond donors (Lipinski definition) is 2. The molecule has 0 radical (unpaired) electrons. The molecule has 2 rings (SSSR count). The highest BCUT2D eigenvalue weighted by molar-refractivity contribution is 6.31. The third kappa shape index (κ3) is 4.19. The summed E-state index contributed by atoms with van der Waals surface area (Å²) in [5.74, 6) is 0.674. The summed E-state index contributed by atoms with van der Waals surface area (Å²) >= 11 is 6.28. The molecule has 1 aliphatic heterocycles. The maximum Gasteiger partial charge on any atom is 0.0453 e. The standard InChI is InChI=1S/C16H25ClN2O/c1-18-16(14-4-2-3-5-15(14)17)7-10-19-9-6-13(12-19)8-11-20/h2-5,13,16,18,20H,6-12H2,1H3. The van der Waals surface area contributed by atoms with Crippen LogP contribution in [0.3, 0.4) is 0 Å². The topological polar surface area (TPSA) is 35.5 Å². The molecule has 0 amide bonds. The van der Waals surface area contributed by atoms with Crippen LogP contribution in [0.5, 0.6) is 0 Å². The Hall–Kier alpha value is -0.610. The van der Waals surface area contributed by atoms with Crippen LogP contribution >= 0.6 is 11.6 Å². The third-order valence-corrected chi connectivity index (χ3v) is 4.61. The third-order valence-electron chi connectivity index (χ3n) is 4.27. The van der Waals surface area contributed by atoms with Crippen LogP contribution in [-0.2, 0) is 0 Å². The molecular weight excluding hydrogens is 272 g/mol. The van der Waals surface area contributed by atoms with Crippen molar-refractivity contribution in [1.29, 1.82) is 0 Å². The Balaban J connectivity index is 1.85. The Morgan fingerprint density at radius 2 is 2.25 bits per heavy atom. The van der Waals surface area contributed by atoms with Crippen LogP contribution in [0.15, 0.2) is 24.3 Å². The van der Waals surface area contributed by atoms with Crippen molar-refractivity contribution < 1.29 is 5.11 Å². The van der Waals surface area contributed by atoms with Gasteiger partial charge in [0.1, 0.15) is 0 Å². The first-order chi connectivity index (χ1) is 9.74. The summed E-state index contributed by atoms with van der Waals surface area (Å²) in [6.45, 7) is 3.68. The van der Waals surface area contributed by atoms with Crippen LogP contribution in [0.25, 0.3) is 0 Å². The maximum atomic E-state index is 9.01. The smallest absolute Gasteiger partial charge is 0.0453 e. The molecule has 1 fully saturated rings.